The fraction of sp³-hybridized carbons (Fsp3) is 0.562. The minimum absolute atomic E-state index is 0.104. The van der Waals surface area contributed by atoms with Gasteiger partial charge in [-0.25, -0.2) is 0 Å². The molecule has 2 heteroatoms. The van der Waals surface area contributed by atoms with Crippen LogP contribution in [0.3, 0.4) is 0 Å². The summed E-state index contributed by atoms with van der Waals surface area (Å²) in [5.74, 6) is 1.43. The van der Waals surface area contributed by atoms with Crippen molar-refractivity contribution in [2.24, 2.45) is 11.8 Å². The zero-order valence-electron chi connectivity index (χ0n) is 11.9. The van der Waals surface area contributed by atoms with Gasteiger partial charge in [0.15, 0.2) is 0 Å². The lowest BCUT2D eigenvalue weighted by Crippen LogP contribution is -2.29. The first-order chi connectivity index (χ1) is 8.54. The monoisotopic (exact) mass is 247 g/mol. The Labute approximate surface area is 111 Å². The molecule has 1 aliphatic carbocycles. The molecule has 0 saturated heterocycles. The molecule has 18 heavy (non-hydrogen) atoms. The van der Waals surface area contributed by atoms with Crippen LogP contribution in [-0.4, -0.2) is 23.9 Å². The van der Waals surface area contributed by atoms with Gasteiger partial charge in [-0.05, 0) is 31.6 Å². The van der Waals surface area contributed by atoms with E-state index in [2.05, 4.69) is 38.7 Å². The zero-order chi connectivity index (χ0) is 13.5. The SMILES string of the molecule is C=CCN(C/C=C\C1CC=C(C)CC1C)C(C)=O. The number of carbonyl (C=O) groups excluding carboxylic acids is 1. The van der Waals surface area contributed by atoms with E-state index in [1.807, 2.05) is 0 Å². The molecule has 0 radical (unpaired) electrons. The Morgan fingerprint density at radius 2 is 2.28 bits per heavy atom. The highest BCUT2D eigenvalue weighted by Gasteiger charge is 2.17. The van der Waals surface area contributed by atoms with Crippen molar-refractivity contribution in [3.05, 3.63) is 36.5 Å². The fourth-order valence-corrected chi connectivity index (χ4v) is 2.43. The summed E-state index contributed by atoms with van der Waals surface area (Å²) in [5.41, 5.74) is 1.50. The quantitative estimate of drug-likeness (QED) is 0.680. The maximum absolute atomic E-state index is 11.4. The van der Waals surface area contributed by atoms with Gasteiger partial charge in [-0.2, -0.15) is 0 Å². The largest absolute Gasteiger partial charge is 0.336 e. The van der Waals surface area contributed by atoms with Crippen molar-refractivity contribution in [2.75, 3.05) is 13.1 Å². The highest BCUT2D eigenvalue weighted by Crippen LogP contribution is 2.29. The van der Waals surface area contributed by atoms with E-state index in [9.17, 15) is 4.79 Å². The van der Waals surface area contributed by atoms with Gasteiger partial charge in [0.1, 0.15) is 0 Å². The van der Waals surface area contributed by atoms with E-state index in [0.717, 1.165) is 6.42 Å². The predicted molar refractivity (Wildman–Crippen MR) is 77.2 cm³/mol. The molecule has 2 unspecified atom stereocenters. The Balaban J connectivity index is 2.49. The molecule has 0 spiro atoms. The van der Waals surface area contributed by atoms with Crippen LogP contribution in [0.25, 0.3) is 0 Å². The van der Waals surface area contributed by atoms with Gasteiger partial charge < -0.3 is 4.90 Å². The summed E-state index contributed by atoms with van der Waals surface area (Å²) in [4.78, 5) is 13.1. The van der Waals surface area contributed by atoms with Crippen LogP contribution in [0.4, 0.5) is 0 Å². The molecule has 0 aromatic rings. The van der Waals surface area contributed by atoms with Crippen molar-refractivity contribution in [1.29, 1.82) is 0 Å². The summed E-state index contributed by atoms with van der Waals surface area (Å²) < 4.78 is 0. The molecule has 0 aliphatic heterocycles. The van der Waals surface area contributed by atoms with E-state index in [-0.39, 0.29) is 5.91 Å². The van der Waals surface area contributed by atoms with Crippen LogP contribution in [0, 0.1) is 11.8 Å². The molecule has 1 amide bonds. The van der Waals surface area contributed by atoms with Gasteiger partial charge in [-0.3, -0.25) is 4.79 Å². The number of amides is 1. The summed E-state index contributed by atoms with van der Waals surface area (Å²) in [7, 11) is 0. The molecular weight excluding hydrogens is 222 g/mol. The molecule has 2 atom stereocenters. The Morgan fingerprint density at radius 3 is 2.83 bits per heavy atom. The smallest absolute Gasteiger partial charge is 0.220 e. The number of hydrogen-bond donors (Lipinski definition) is 0. The number of rotatable bonds is 5. The van der Waals surface area contributed by atoms with Crippen molar-refractivity contribution >= 4 is 5.91 Å². The van der Waals surface area contributed by atoms with Crippen LogP contribution in [-0.2, 0) is 4.79 Å². The van der Waals surface area contributed by atoms with Crippen LogP contribution in [0.2, 0.25) is 0 Å². The summed E-state index contributed by atoms with van der Waals surface area (Å²) in [6, 6.07) is 0. The zero-order valence-corrected chi connectivity index (χ0v) is 11.9. The van der Waals surface area contributed by atoms with Crippen molar-refractivity contribution in [1.82, 2.24) is 4.90 Å². The van der Waals surface area contributed by atoms with Crippen LogP contribution in [0.15, 0.2) is 36.5 Å². The van der Waals surface area contributed by atoms with Crippen molar-refractivity contribution < 1.29 is 4.79 Å². The second-order valence-electron chi connectivity index (χ2n) is 5.27. The molecule has 0 N–H and O–H groups in total. The molecule has 0 fully saturated rings. The number of allylic oxidation sites excluding steroid dienone is 3. The molecule has 0 bridgehead atoms. The summed E-state index contributed by atoms with van der Waals surface area (Å²) in [5, 5.41) is 0. The molecular formula is C16H25NO. The Morgan fingerprint density at radius 1 is 1.56 bits per heavy atom. The summed E-state index contributed by atoms with van der Waals surface area (Å²) in [6.07, 6.45) is 10.8. The molecule has 100 valence electrons. The van der Waals surface area contributed by atoms with Crippen LogP contribution in [0.5, 0.6) is 0 Å². The highest BCUT2D eigenvalue weighted by atomic mass is 16.2. The second kappa shape index (κ2) is 7.20. The second-order valence-corrected chi connectivity index (χ2v) is 5.27. The first kappa shape index (κ1) is 14.7. The van der Waals surface area contributed by atoms with E-state index in [0.29, 0.717) is 24.9 Å². The third-order valence-corrected chi connectivity index (χ3v) is 3.62. The van der Waals surface area contributed by atoms with Crippen molar-refractivity contribution in [3.63, 3.8) is 0 Å². The Bertz CT molecular complexity index is 354. The molecule has 2 nitrogen and oxygen atoms in total. The van der Waals surface area contributed by atoms with Gasteiger partial charge in [-0.1, -0.05) is 36.8 Å². The molecule has 1 aliphatic rings. The molecule has 0 saturated carbocycles. The third kappa shape index (κ3) is 4.52. The lowest BCUT2D eigenvalue weighted by molar-refractivity contribution is -0.127. The number of hydrogen-bond acceptors (Lipinski definition) is 1. The summed E-state index contributed by atoms with van der Waals surface area (Å²) >= 11 is 0. The maximum atomic E-state index is 11.4. The van der Waals surface area contributed by atoms with Gasteiger partial charge in [0.05, 0.1) is 0 Å². The average molecular weight is 247 g/mol. The van der Waals surface area contributed by atoms with Crippen LogP contribution >= 0.6 is 0 Å². The van der Waals surface area contributed by atoms with Gasteiger partial charge in [0.2, 0.25) is 5.91 Å². The van der Waals surface area contributed by atoms with Crippen LogP contribution in [0.1, 0.15) is 33.6 Å². The predicted octanol–water partition coefficient (Wildman–Crippen LogP) is 3.57. The van der Waals surface area contributed by atoms with Crippen molar-refractivity contribution in [2.45, 2.75) is 33.6 Å². The molecule has 0 heterocycles. The van der Waals surface area contributed by atoms with E-state index in [4.69, 9.17) is 0 Å². The third-order valence-electron chi connectivity index (χ3n) is 3.62. The van der Waals surface area contributed by atoms with Gasteiger partial charge in [0.25, 0.3) is 0 Å². The number of nitrogens with zero attached hydrogens (tertiary/aromatic N) is 1. The Kier molecular flexibility index (Phi) is 5.90. The fourth-order valence-electron chi connectivity index (χ4n) is 2.43. The lowest BCUT2D eigenvalue weighted by atomic mass is 9.81. The minimum Gasteiger partial charge on any atom is -0.336 e. The van der Waals surface area contributed by atoms with Crippen LogP contribution < -0.4 is 0 Å². The molecule has 1 rings (SSSR count). The van der Waals surface area contributed by atoms with E-state index >= 15 is 0 Å². The van der Waals surface area contributed by atoms with Gasteiger partial charge >= 0.3 is 0 Å². The summed E-state index contributed by atoms with van der Waals surface area (Å²) in [6.45, 7) is 11.1. The molecule has 0 aromatic heterocycles. The highest BCUT2D eigenvalue weighted by molar-refractivity contribution is 5.73. The van der Waals surface area contributed by atoms with Crippen molar-refractivity contribution in [3.8, 4) is 0 Å². The standard InChI is InChI=1S/C16H25NO/c1-5-10-17(15(4)18)11-6-7-16-9-8-13(2)12-14(16)3/h5-8,14,16H,1,9-12H2,2-4H3/b7-6-. The maximum Gasteiger partial charge on any atom is 0.220 e. The molecule has 0 aromatic carbocycles. The number of carbonyl (C=O) groups is 1. The normalized spacial score (nSPS) is 23.8. The first-order valence-corrected chi connectivity index (χ1v) is 6.73. The Hall–Kier alpha value is -1.31. The van der Waals surface area contributed by atoms with E-state index < -0.39 is 0 Å². The average Bonchev–Trinajstić information content (AvgIpc) is 2.30. The van der Waals surface area contributed by atoms with Gasteiger partial charge in [-0.15, -0.1) is 6.58 Å². The topological polar surface area (TPSA) is 20.3 Å². The first-order valence-electron chi connectivity index (χ1n) is 6.73. The van der Waals surface area contributed by atoms with E-state index in [1.54, 1.807) is 17.9 Å². The minimum atomic E-state index is 0.104. The van der Waals surface area contributed by atoms with E-state index in [1.165, 1.54) is 12.0 Å². The lowest BCUT2D eigenvalue weighted by Gasteiger charge is -2.25. The van der Waals surface area contributed by atoms with Gasteiger partial charge in [0, 0.05) is 20.0 Å².